The third-order valence-electron chi connectivity index (χ3n) is 4.44. The van der Waals surface area contributed by atoms with Crippen molar-refractivity contribution in [2.75, 3.05) is 5.32 Å². The van der Waals surface area contributed by atoms with Crippen molar-refractivity contribution in [3.05, 3.63) is 76.5 Å². The molecule has 8 heteroatoms. The molecule has 3 N–H and O–H groups in total. The van der Waals surface area contributed by atoms with Crippen LogP contribution in [0, 0.1) is 0 Å². The summed E-state index contributed by atoms with van der Waals surface area (Å²) < 4.78 is 28.6. The van der Waals surface area contributed by atoms with Gasteiger partial charge in [-0.15, -0.1) is 0 Å². The van der Waals surface area contributed by atoms with Crippen LogP contribution in [0.1, 0.15) is 23.7 Å². The Bertz CT molecular complexity index is 1110. The van der Waals surface area contributed by atoms with Crippen molar-refractivity contribution < 1.29 is 17.9 Å². The molecule has 1 atom stereocenters. The molecule has 4 rings (SSSR count). The fourth-order valence-electron chi connectivity index (χ4n) is 3.10. The van der Waals surface area contributed by atoms with E-state index in [-0.39, 0.29) is 16.9 Å². The van der Waals surface area contributed by atoms with Crippen molar-refractivity contribution in [2.45, 2.75) is 17.4 Å². The SMILES string of the molecule is NS(=O)(=O)c1ccc(C2CC=C(/C=C3/C(=O)Nc4ccc(Cl)cc43)O2)cc1. The number of allylic oxidation sites excluding steroid dienone is 1. The van der Waals surface area contributed by atoms with E-state index in [1.165, 1.54) is 12.1 Å². The van der Waals surface area contributed by atoms with Crippen LogP contribution in [-0.2, 0) is 19.6 Å². The van der Waals surface area contributed by atoms with Crippen LogP contribution in [0.4, 0.5) is 5.69 Å². The van der Waals surface area contributed by atoms with Crippen LogP contribution < -0.4 is 10.5 Å². The monoisotopic (exact) mass is 402 g/mol. The quantitative estimate of drug-likeness (QED) is 0.769. The summed E-state index contributed by atoms with van der Waals surface area (Å²) in [5, 5.41) is 8.45. The highest BCUT2D eigenvalue weighted by atomic mass is 35.5. The summed E-state index contributed by atoms with van der Waals surface area (Å²) in [7, 11) is -3.73. The van der Waals surface area contributed by atoms with E-state index in [0.717, 1.165) is 11.1 Å². The van der Waals surface area contributed by atoms with E-state index in [4.69, 9.17) is 21.5 Å². The van der Waals surface area contributed by atoms with Crippen molar-refractivity contribution in [3.8, 4) is 0 Å². The van der Waals surface area contributed by atoms with Crippen molar-refractivity contribution in [1.29, 1.82) is 0 Å². The molecule has 2 aromatic rings. The Morgan fingerprint density at radius 3 is 2.63 bits per heavy atom. The Morgan fingerprint density at radius 2 is 1.93 bits per heavy atom. The summed E-state index contributed by atoms with van der Waals surface area (Å²) in [6.07, 6.45) is 3.93. The maximum atomic E-state index is 12.2. The van der Waals surface area contributed by atoms with Gasteiger partial charge in [-0.2, -0.15) is 0 Å². The van der Waals surface area contributed by atoms with Gasteiger partial charge in [-0.3, -0.25) is 4.79 Å². The number of fused-ring (bicyclic) bond motifs is 1. The van der Waals surface area contributed by atoms with Crippen molar-refractivity contribution in [1.82, 2.24) is 0 Å². The van der Waals surface area contributed by atoms with Gasteiger partial charge in [0.05, 0.1) is 10.5 Å². The number of ether oxygens (including phenoxy) is 1. The third-order valence-corrected chi connectivity index (χ3v) is 5.61. The van der Waals surface area contributed by atoms with Crippen LogP contribution in [0.5, 0.6) is 0 Å². The van der Waals surface area contributed by atoms with Gasteiger partial charge in [0.2, 0.25) is 10.0 Å². The average Bonchev–Trinajstić information content (AvgIpc) is 3.20. The number of primary sulfonamides is 1. The second-order valence-electron chi connectivity index (χ2n) is 6.26. The van der Waals surface area contributed by atoms with Crippen LogP contribution in [0.15, 0.2) is 65.3 Å². The number of nitrogens with two attached hydrogens (primary N) is 1. The number of amides is 1. The highest BCUT2D eigenvalue weighted by Crippen LogP contribution is 2.37. The molecule has 0 aliphatic carbocycles. The zero-order chi connectivity index (χ0) is 19.2. The minimum Gasteiger partial charge on any atom is -0.486 e. The molecule has 0 spiro atoms. The summed E-state index contributed by atoms with van der Waals surface area (Å²) in [6, 6.07) is 11.5. The minimum atomic E-state index is -3.73. The molecule has 1 unspecified atom stereocenters. The molecule has 2 aliphatic rings. The second kappa shape index (κ2) is 6.53. The number of nitrogens with one attached hydrogen (secondary N) is 1. The van der Waals surface area contributed by atoms with E-state index in [0.29, 0.717) is 28.5 Å². The Kier molecular flexibility index (Phi) is 4.30. The number of anilines is 1. The number of hydrogen-bond donors (Lipinski definition) is 2. The summed E-state index contributed by atoms with van der Waals surface area (Å²) >= 11 is 6.04. The van der Waals surface area contributed by atoms with Crippen molar-refractivity contribution in [3.63, 3.8) is 0 Å². The largest absolute Gasteiger partial charge is 0.486 e. The molecule has 1 amide bonds. The minimum absolute atomic E-state index is 0.0515. The first-order chi connectivity index (χ1) is 12.8. The fraction of sp³-hybridized carbons (Fsp3) is 0.105. The van der Waals surface area contributed by atoms with Crippen LogP contribution in [0.25, 0.3) is 5.57 Å². The standard InChI is InChI=1S/C19H15ClN2O4S/c20-12-3-7-17-15(9-12)16(19(23)22-17)10-13-4-8-18(26-13)11-1-5-14(6-2-11)27(21,24)25/h1-7,9-10,18H,8H2,(H,22,23)(H2,21,24,25)/b16-10+. The van der Waals surface area contributed by atoms with E-state index in [1.807, 2.05) is 6.08 Å². The van der Waals surface area contributed by atoms with Gasteiger partial charge >= 0.3 is 0 Å². The molecule has 0 aromatic heterocycles. The van der Waals surface area contributed by atoms with E-state index >= 15 is 0 Å². The number of sulfonamides is 1. The smallest absolute Gasteiger partial charge is 0.256 e. The number of carbonyl (C=O) groups excluding carboxylic acids is 1. The maximum Gasteiger partial charge on any atom is 0.256 e. The van der Waals surface area contributed by atoms with Gasteiger partial charge in [-0.1, -0.05) is 23.7 Å². The molecule has 0 radical (unpaired) electrons. The van der Waals surface area contributed by atoms with Gasteiger partial charge in [-0.25, -0.2) is 13.6 Å². The highest BCUT2D eigenvalue weighted by molar-refractivity contribution is 7.89. The van der Waals surface area contributed by atoms with Crippen LogP contribution in [0.2, 0.25) is 5.02 Å². The summed E-state index contributed by atoms with van der Waals surface area (Å²) in [5.41, 5.74) is 2.76. The lowest BCUT2D eigenvalue weighted by Gasteiger charge is -2.13. The lowest BCUT2D eigenvalue weighted by atomic mass is 10.1. The van der Waals surface area contributed by atoms with E-state index < -0.39 is 10.0 Å². The van der Waals surface area contributed by atoms with Gasteiger partial charge in [0.1, 0.15) is 11.9 Å². The molecule has 2 heterocycles. The topological polar surface area (TPSA) is 98.5 Å². The third kappa shape index (κ3) is 3.49. The lowest BCUT2D eigenvalue weighted by Crippen LogP contribution is -2.12. The molecule has 2 aliphatic heterocycles. The molecule has 6 nitrogen and oxygen atoms in total. The summed E-state index contributed by atoms with van der Waals surface area (Å²) in [6.45, 7) is 0. The van der Waals surface area contributed by atoms with E-state index in [2.05, 4.69) is 5.32 Å². The number of hydrogen-bond acceptors (Lipinski definition) is 4. The van der Waals surface area contributed by atoms with Gasteiger partial charge < -0.3 is 10.1 Å². The Labute approximate surface area is 161 Å². The average molecular weight is 403 g/mol. The van der Waals surface area contributed by atoms with Gasteiger partial charge in [0.25, 0.3) is 5.91 Å². The predicted octanol–water partition coefficient (Wildman–Crippen LogP) is 3.37. The van der Waals surface area contributed by atoms with Gasteiger partial charge in [0, 0.05) is 22.7 Å². The van der Waals surface area contributed by atoms with Crippen molar-refractivity contribution in [2.24, 2.45) is 5.14 Å². The highest BCUT2D eigenvalue weighted by Gasteiger charge is 2.27. The molecule has 27 heavy (non-hydrogen) atoms. The molecule has 0 saturated carbocycles. The first-order valence-electron chi connectivity index (χ1n) is 8.14. The second-order valence-corrected chi connectivity index (χ2v) is 8.26. The first-order valence-corrected chi connectivity index (χ1v) is 10.1. The summed E-state index contributed by atoms with van der Waals surface area (Å²) in [5.74, 6) is 0.367. The lowest BCUT2D eigenvalue weighted by molar-refractivity contribution is -0.110. The molecule has 0 fully saturated rings. The van der Waals surface area contributed by atoms with Gasteiger partial charge in [0.15, 0.2) is 0 Å². The zero-order valence-electron chi connectivity index (χ0n) is 14.0. The molecule has 2 aromatic carbocycles. The molecular formula is C19H15ClN2O4S. The van der Waals surface area contributed by atoms with Crippen LogP contribution in [0.3, 0.4) is 0 Å². The normalized spacial score (nSPS) is 20.2. The maximum absolute atomic E-state index is 12.2. The Morgan fingerprint density at radius 1 is 1.19 bits per heavy atom. The van der Waals surface area contributed by atoms with Gasteiger partial charge in [-0.05, 0) is 48.0 Å². The number of benzene rings is 2. The van der Waals surface area contributed by atoms with Crippen molar-refractivity contribution >= 4 is 38.8 Å². The number of carbonyl (C=O) groups is 1. The summed E-state index contributed by atoms with van der Waals surface area (Å²) in [4.78, 5) is 12.3. The van der Waals surface area contributed by atoms with Crippen LogP contribution in [-0.4, -0.2) is 14.3 Å². The molecular weight excluding hydrogens is 388 g/mol. The van der Waals surface area contributed by atoms with E-state index in [9.17, 15) is 13.2 Å². The number of rotatable bonds is 3. The number of halogens is 1. The Hall–Kier alpha value is -2.61. The van der Waals surface area contributed by atoms with Crippen LogP contribution >= 0.6 is 11.6 Å². The van der Waals surface area contributed by atoms with E-state index in [1.54, 1.807) is 36.4 Å². The molecule has 0 saturated heterocycles. The molecule has 138 valence electrons. The molecule has 0 bridgehead atoms. The fourth-order valence-corrected chi connectivity index (χ4v) is 3.79. The predicted molar refractivity (Wildman–Crippen MR) is 102 cm³/mol. The Balaban J connectivity index is 1.55. The first kappa shape index (κ1) is 17.8. The zero-order valence-corrected chi connectivity index (χ0v) is 15.5.